The Hall–Kier alpha value is -2.41. The number of carbonyl (C=O) groups excluding carboxylic acids is 2. The molecule has 2 aliphatic heterocycles. The van der Waals surface area contributed by atoms with Gasteiger partial charge in [-0.25, -0.2) is 9.78 Å². The van der Waals surface area contributed by atoms with Gasteiger partial charge in [-0.1, -0.05) is 30.3 Å². The van der Waals surface area contributed by atoms with E-state index in [1.807, 2.05) is 40.6 Å². The summed E-state index contributed by atoms with van der Waals surface area (Å²) in [5.41, 5.74) is 1.45. The molecular formula is C19H21N3O3S. The molecule has 2 aromatic rings. The van der Waals surface area contributed by atoms with Gasteiger partial charge in [0.1, 0.15) is 10.6 Å². The Labute approximate surface area is 156 Å². The number of rotatable bonds is 3. The van der Waals surface area contributed by atoms with Gasteiger partial charge in [0.25, 0.3) is 0 Å². The highest BCUT2D eigenvalue weighted by Crippen LogP contribution is 2.30. The maximum atomic E-state index is 12.7. The Morgan fingerprint density at radius 2 is 2.12 bits per heavy atom. The molecule has 1 N–H and O–H groups in total. The average molecular weight is 371 g/mol. The second-order valence-electron chi connectivity index (χ2n) is 6.85. The van der Waals surface area contributed by atoms with Crippen molar-refractivity contribution in [2.75, 3.05) is 19.6 Å². The van der Waals surface area contributed by atoms with Gasteiger partial charge >= 0.3 is 6.09 Å². The Balaban J connectivity index is 1.38. The van der Waals surface area contributed by atoms with Gasteiger partial charge in [0.05, 0.1) is 18.7 Å². The molecule has 136 valence electrons. The molecule has 1 aromatic heterocycles. The van der Waals surface area contributed by atoms with Crippen molar-refractivity contribution in [3.63, 3.8) is 0 Å². The second kappa shape index (κ2) is 7.07. The topological polar surface area (TPSA) is 71.5 Å². The van der Waals surface area contributed by atoms with Crippen LogP contribution in [0.2, 0.25) is 0 Å². The molecule has 3 heterocycles. The van der Waals surface area contributed by atoms with Crippen LogP contribution < -0.4 is 5.32 Å². The highest BCUT2D eigenvalue weighted by atomic mass is 32.1. The normalized spacial score (nSPS) is 22.8. The van der Waals surface area contributed by atoms with Gasteiger partial charge in [0.15, 0.2) is 0 Å². The van der Waals surface area contributed by atoms with Crippen molar-refractivity contribution < 1.29 is 14.3 Å². The Morgan fingerprint density at radius 1 is 1.27 bits per heavy atom. The standard InChI is InChI=1S/C19H21N3O3S/c23-16(11-15-12-26-17(21-15)14-5-2-1-3-6-14)22-9-4-7-19(8-10-22)13-20-18(24)25-19/h1-3,5-6,12H,4,7-11,13H2,(H,20,24). The van der Waals surface area contributed by atoms with E-state index in [1.165, 1.54) is 0 Å². The number of likely N-dealkylation sites (tertiary alicyclic amines) is 1. The van der Waals surface area contributed by atoms with E-state index < -0.39 is 5.60 Å². The van der Waals surface area contributed by atoms with Crippen molar-refractivity contribution >= 4 is 23.3 Å². The van der Waals surface area contributed by atoms with Crippen LogP contribution in [0.1, 0.15) is 25.0 Å². The summed E-state index contributed by atoms with van der Waals surface area (Å²) in [6, 6.07) is 9.99. The smallest absolute Gasteiger partial charge is 0.407 e. The van der Waals surface area contributed by atoms with Gasteiger partial charge < -0.3 is 15.0 Å². The van der Waals surface area contributed by atoms with Crippen LogP contribution in [-0.4, -0.2) is 47.1 Å². The van der Waals surface area contributed by atoms with E-state index in [9.17, 15) is 9.59 Å². The lowest BCUT2D eigenvalue weighted by Crippen LogP contribution is -2.37. The summed E-state index contributed by atoms with van der Waals surface area (Å²) < 4.78 is 5.47. The molecule has 0 bridgehead atoms. The van der Waals surface area contributed by atoms with E-state index in [0.717, 1.165) is 29.1 Å². The minimum Gasteiger partial charge on any atom is -0.441 e. The number of nitrogens with one attached hydrogen (secondary N) is 1. The van der Waals surface area contributed by atoms with E-state index in [-0.39, 0.29) is 12.0 Å². The minimum absolute atomic E-state index is 0.0873. The SMILES string of the molecule is O=C1NCC2(CCCN(C(=O)Cc3csc(-c4ccccc4)n3)CC2)O1. The van der Waals surface area contributed by atoms with Crippen molar-refractivity contribution in [1.82, 2.24) is 15.2 Å². The van der Waals surface area contributed by atoms with Crippen LogP contribution in [0, 0.1) is 0 Å². The van der Waals surface area contributed by atoms with Crippen LogP contribution in [-0.2, 0) is 16.0 Å². The maximum Gasteiger partial charge on any atom is 0.407 e. The molecule has 1 aromatic carbocycles. The summed E-state index contributed by atoms with van der Waals surface area (Å²) in [6.45, 7) is 1.86. The summed E-state index contributed by atoms with van der Waals surface area (Å²) in [7, 11) is 0. The van der Waals surface area contributed by atoms with Crippen molar-refractivity contribution in [3.05, 3.63) is 41.4 Å². The van der Waals surface area contributed by atoms with Crippen LogP contribution in [0.3, 0.4) is 0 Å². The molecule has 26 heavy (non-hydrogen) atoms. The lowest BCUT2D eigenvalue weighted by molar-refractivity contribution is -0.130. The van der Waals surface area contributed by atoms with Crippen LogP contribution in [0.5, 0.6) is 0 Å². The average Bonchev–Trinajstić information content (AvgIpc) is 3.19. The van der Waals surface area contributed by atoms with Crippen molar-refractivity contribution in [1.29, 1.82) is 0 Å². The molecule has 1 unspecified atom stereocenters. The largest absolute Gasteiger partial charge is 0.441 e. The van der Waals surface area contributed by atoms with Gasteiger partial charge in [-0.3, -0.25) is 4.79 Å². The zero-order valence-electron chi connectivity index (χ0n) is 14.4. The fourth-order valence-corrected chi connectivity index (χ4v) is 4.39. The molecule has 7 heteroatoms. The predicted octanol–water partition coefficient (Wildman–Crippen LogP) is 2.84. The molecule has 0 radical (unpaired) electrons. The zero-order chi connectivity index (χ0) is 18.0. The number of nitrogens with zero attached hydrogens (tertiary/aromatic N) is 2. The first-order chi connectivity index (χ1) is 12.6. The Bertz CT molecular complexity index is 807. The molecule has 1 spiro atoms. The van der Waals surface area contributed by atoms with Crippen LogP contribution in [0.25, 0.3) is 10.6 Å². The van der Waals surface area contributed by atoms with Crippen LogP contribution in [0.15, 0.2) is 35.7 Å². The number of aromatic nitrogens is 1. The van der Waals surface area contributed by atoms with E-state index in [1.54, 1.807) is 11.3 Å². The highest BCUT2D eigenvalue weighted by molar-refractivity contribution is 7.13. The fraction of sp³-hybridized carbons (Fsp3) is 0.421. The first kappa shape index (κ1) is 17.0. The third kappa shape index (κ3) is 3.58. The molecule has 2 amide bonds. The third-order valence-corrected chi connectivity index (χ3v) is 5.96. The monoisotopic (exact) mass is 371 g/mol. The Kier molecular flexibility index (Phi) is 4.63. The fourth-order valence-electron chi connectivity index (χ4n) is 3.57. The number of hydrogen-bond donors (Lipinski definition) is 1. The molecule has 4 rings (SSSR count). The summed E-state index contributed by atoms with van der Waals surface area (Å²) in [5, 5.41) is 5.63. The van der Waals surface area contributed by atoms with Gasteiger partial charge in [0.2, 0.25) is 5.91 Å². The Morgan fingerprint density at radius 3 is 2.88 bits per heavy atom. The quantitative estimate of drug-likeness (QED) is 0.901. The van der Waals surface area contributed by atoms with Crippen LogP contribution >= 0.6 is 11.3 Å². The molecule has 2 saturated heterocycles. The summed E-state index contributed by atoms with van der Waals surface area (Å²) in [6.07, 6.45) is 2.29. The lowest BCUT2D eigenvalue weighted by Gasteiger charge is -2.24. The molecule has 6 nitrogen and oxygen atoms in total. The summed E-state index contributed by atoms with van der Waals surface area (Å²) in [5.74, 6) is 0.0873. The van der Waals surface area contributed by atoms with E-state index in [0.29, 0.717) is 32.5 Å². The first-order valence-electron chi connectivity index (χ1n) is 8.88. The van der Waals surface area contributed by atoms with Crippen molar-refractivity contribution in [3.8, 4) is 10.6 Å². The lowest BCUT2D eigenvalue weighted by atomic mass is 9.95. The van der Waals surface area contributed by atoms with Gasteiger partial charge in [-0.15, -0.1) is 11.3 Å². The highest BCUT2D eigenvalue weighted by Gasteiger charge is 2.41. The molecule has 2 aliphatic rings. The second-order valence-corrected chi connectivity index (χ2v) is 7.71. The van der Waals surface area contributed by atoms with Gasteiger partial charge in [0, 0.05) is 30.5 Å². The number of carbonyl (C=O) groups is 2. The molecule has 0 saturated carbocycles. The van der Waals surface area contributed by atoms with E-state index in [2.05, 4.69) is 10.3 Å². The van der Waals surface area contributed by atoms with Crippen molar-refractivity contribution in [2.45, 2.75) is 31.3 Å². The number of amides is 2. The van der Waals surface area contributed by atoms with E-state index >= 15 is 0 Å². The summed E-state index contributed by atoms with van der Waals surface area (Å²) >= 11 is 1.56. The number of thiazole rings is 1. The number of ether oxygens (including phenoxy) is 1. The predicted molar refractivity (Wildman–Crippen MR) is 98.9 cm³/mol. The van der Waals surface area contributed by atoms with Crippen LogP contribution in [0.4, 0.5) is 4.79 Å². The third-order valence-electron chi connectivity index (χ3n) is 5.02. The molecule has 0 aliphatic carbocycles. The molecule has 1 atom stereocenters. The van der Waals surface area contributed by atoms with Gasteiger partial charge in [-0.05, 0) is 12.8 Å². The summed E-state index contributed by atoms with van der Waals surface area (Å²) in [4.78, 5) is 30.6. The number of alkyl carbamates (subject to hydrolysis) is 1. The number of benzene rings is 1. The molecule has 2 fully saturated rings. The van der Waals surface area contributed by atoms with E-state index in [4.69, 9.17) is 4.74 Å². The zero-order valence-corrected chi connectivity index (χ0v) is 15.3. The van der Waals surface area contributed by atoms with Gasteiger partial charge in [-0.2, -0.15) is 0 Å². The number of hydrogen-bond acceptors (Lipinski definition) is 5. The maximum absolute atomic E-state index is 12.7. The molecular weight excluding hydrogens is 350 g/mol. The first-order valence-corrected chi connectivity index (χ1v) is 9.76. The van der Waals surface area contributed by atoms with Crippen molar-refractivity contribution in [2.24, 2.45) is 0 Å². The minimum atomic E-state index is -0.437.